The number of aromatic nitrogens is 3. The topological polar surface area (TPSA) is 84.3 Å². The highest BCUT2D eigenvalue weighted by Gasteiger charge is 2.10. The number of rotatable bonds is 6. The SMILES string of the molecule is COc1cc(OC)c2ccn(CCn3c[c]c(C(N)=O)n3)c2c1. The van der Waals surface area contributed by atoms with Crippen molar-refractivity contribution in [1.29, 1.82) is 0 Å². The van der Waals surface area contributed by atoms with Crippen molar-refractivity contribution in [3.05, 3.63) is 42.4 Å². The maximum absolute atomic E-state index is 11.0. The van der Waals surface area contributed by atoms with Gasteiger partial charge >= 0.3 is 0 Å². The molecule has 0 unspecified atom stereocenters. The van der Waals surface area contributed by atoms with E-state index >= 15 is 0 Å². The number of benzene rings is 1. The highest BCUT2D eigenvalue weighted by molar-refractivity contribution is 5.90. The monoisotopic (exact) mass is 313 g/mol. The fourth-order valence-corrected chi connectivity index (χ4v) is 2.49. The normalized spacial score (nSPS) is 10.9. The molecule has 0 saturated carbocycles. The number of aryl methyl sites for hydroxylation is 2. The first kappa shape index (κ1) is 15.0. The smallest absolute Gasteiger partial charge is 0.269 e. The van der Waals surface area contributed by atoms with Crippen molar-refractivity contribution in [3.63, 3.8) is 0 Å². The van der Waals surface area contributed by atoms with Crippen LogP contribution in [0.3, 0.4) is 0 Å². The number of fused-ring (bicyclic) bond motifs is 1. The average Bonchev–Trinajstić information content (AvgIpc) is 3.18. The van der Waals surface area contributed by atoms with E-state index in [2.05, 4.69) is 15.7 Å². The number of carbonyl (C=O) groups is 1. The highest BCUT2D eigenvalue weighted by atomic mass is 16.5. The summed E-state index contributed by atoms with van der Waals surface area (Å²) in [5, 5.41) is 5.09. The fourth-order valence-electron chi connectivity index (χ4n) is 2.49. The van der Waals surface area contributed by atoms with Crippen molar-refractivity contribution in [3.8, 4) is 11.5 Å². The first-order valence-electron chi connectivity index (χ1n) is 7.08. The molecule has 0 atom stereocenters. The zero-order chi connectivity index (χ0) is 16.4. The maximum atomic E-state index is 11.0. The third-order valence-electron chi connectivity index (χ3n) is 3.66. The molecule has 0 fully saturated rings. The Bertz CT molecular complexity index is 850. The number of methoxy groups -OCH3 is 2. The summed E-state index contributed by atoms with van der Waals surface area (Å²) in [5.74, 6) is 0.920. The molecular formula is C16H17N4O3. The number of primary amides is 1. The molecule has 7 nitrogen and oxygen atoms in total. The fraction of sp³-hybridized carbons (Fsp3) is 0.250. The molecule has 1 radical (unpaired) electrons. The van der Waals surface area contributed by atoms with E-state index in [4.69, 9.17) is 15.2 Å². The molecule has 7 heteroatoms. The lowest BCUT2D eigenvalue weighted by atomic mass is 10.2. The van der Waals surface area contributed by atoms with Crippen LogP contribution in [0.2, 0.25) is 0 Å². The van der Waals surface area contributed by atoms with Gasteiger partial charge in [0.15, 0.2) is 5.69 Å². The molecule has 0 bridgehead atoms. The van der Waals surface area contributed by atoms with Crippen molar-refractivity contribution < 1.29 is 14.3 Å². The van der Waals surface area contributed by atoms with Crippen LogP contribution in [0.25, 0.3) is 10.9 Å². The summed E-state index contributed by atoms with van der Waals surface area (Å²) in [6.45, 7) is 1.26. The van der Waals surface area contributed by atoms with Crippen LogP contribution < -0.4 is 15.2 Å². The van der Waals surface area contributed by atoms with Crippen molar-refractivity contribution in [2.45, 2.75) is 13.1 Å². The van der Waals surface area contributed by atoms with Crippen LogP contribution in [0.1, 0.15) is 10.5 Å². The Morgan fingerprint density at radius 3 is 2.78 bits per heavy atom. The Morgan fingerprint density at radius 2 is 2.13 bits per heavy atom. The standard InChI is InChI=1S/C16H17N4O3/c1-22-11-9-14-12(15(10-11)23-2)3-5-19(14)7-8-20-6-4-13(18-20)16(17)21/h3,5-6,9-10H,7-8H2,1-2H3,(H2,17,21). The first-order valence-corrected chi connectivity index (χ1v) is 7.08. The number of amides is 1. The molecule has 3 aromatic rings. The summed E-state index contributed by atoms with van der Waals surface area (Å²) in [7, 11) is 3.26. The second kappa shape index (κ2) is 6.04. The van der Waals surface area contributed by atoms with Crippen LogP contribution in [0, 0.1) is 6.07 Å². The van der Waals surface area contributed by atoms with Crippen molar-refractivity contribution >= 4 is 16.8 Å². The van der Waals surface area contributed by atoms with Crippen molar-refractivity contribution in [1.82, 2.24) is 14.3 Å². The number of hydrogen-bond donors (Lipinski definition) is 1. The third kappa shape index (κ3) is 2.85. The van der Waals surface area contributed by atoms with Crippen LogP contribution in [-0.4, -0.2) is 34.5 Å². The number of nitrogens with two attached hydrogens (primary N) is 1. The molecule has 0 saturated heterocycles. The number of hydrogen-bond acceptors (Lipinski definition) is 4. The van der Waals surface area contributed by atoms with Crippen LogP contribution in [-0.2, 0) is 13.1 Å². The zero-order valence-corrected chi connectivity index (χ0v) is 12.9. The van der Waals surface area contributed by atoms with Gasteiger partial charge in [0, 0.05) is 42.5 Å². The van der Waals surface area contributed by atoms with Gasteiger partial charge in [0.2, 0.25) is 0 Å². The summed E-state index contributed by atoms with van der Waals surface area (Å²) < 4.78 is 14.4. The summed E-state index contributed by atoms with van der Waals surface area (Å²) in [5.41, 5.74) is 6.33. The van der Waals surface area contributed by atoms with E-state index in [0.717, 1.165) is 22.4 Å². The second-order valence-corrected chi connectivity index (χ2v) is 5.02. The van der Waals surface area contributed by atoms with Crippen molar-refractivity contribution in [2.24, 2.45) is 5.73 Å². The molecule has 119 valence electrons. The highest BCUT2D eigenvalue weighted by Crippen LogP contribution is 2.31. The van der Waals surface area contributed by atoms with Crippen LogP contribution in [0.5, 0.6) is 11.5 Å². The molecule has 23 heavy (non-hydrogen) atoms. The van der Waals surface area contributed by atoms with Gasteiger partial charge in [-0.05, 0) is 6.07 Å². The van der Waals surface area contributed by atoms with E-state index in [9.17, 15) is 4.79 Å². The number of nitrogens with zero attached hydrogens (tertiary/aromatic N) is 3. The molecule has 2 aromatic heterocycles. The van der Waals surface area contributed by atoms with Gasteiger partial charge in [-0.2, -0.15) is 5.10 Å². The summed E-state index contributed by atoms with van der Waals surface area (Å²) in [4.78, 5) is 11.0. The molecule has 0 spiro atoms. The van der Waals surface area contributed by atoms with Gasteiger partial charge in [0.1, 0.15) is 11.5 Å². The minimum atomic E-state index is -0.579. The van der Waals surface area contributed by atoms with Crippen molar-refractivity contribution in [2.75, 3.05) is 14.2 Å². The van der Waals surface area contributed by atoms with Gasteiger partial charge in [-0.15, -0.1) is 0 Å². The molecule has 0 aliphatic rings. The van der Waals surface area contributed by atoms with E-state index in [-0.39, 0.29) is 5.69 Å². The van der Waals surface area contributed by atoms with E-state index in [1.807, 2.05) is 24.4 Å². The molecule has 1 aromatic carbocycles. The molecule has 0 aliphatic carbocycles. The molecular weight excluding hydrogens is 296 g/mol. The minimum Gasteiger partial charge on any atom is -0.497 e. The number of carbonyl (C=O) groups excluding carboxylic acids is 1. The lowest BCUT2D eigenvalue weighted by Crippen LogP contribution is -2.13. The quantitative estimate of drug-likeness (QED) is 0.746. The lowest BCUT2D eigenvalue weighted by Gasteiger charge is -2.09. The van der Waals surface area contributed by atoms with Crippen LogP contribution in [0.4, 0.5) is 0 Å². The van der Waals surface area contributed by atoms with E-state index in [1.165, 1.54) is 0 Å². The van der Waals surface area contributed by atoms with E-state index < -0.39 is 5.91 Å². The van der Waals surface area contributed by atoms with Gasteiger partial charge in [0.05, 0.1) is 26.3 Å². The van der Waals surface area contributed by atoms with Crippen LogP contribution in [0.15, 0.2) is 30.6 Å². The summed E-state index contributed by atoms with van der Waals surface area (Å²) in [6.07, 6.45) is 3.60. The number of ether oxygens (including phenoxy) is 2. The minimum absolute atomic E-state index is 0.144. The van der Waals surface area contributed by atoms with Crippen LogP contribution >= 0.6 is 0 Å². The molecule has 1 amide bonds. The Labute approximate surface area is 133 Å². The van der Waals surface area contributed by atoms with Gasteiger partial charge < -0.3 is 19.8 Å². The molecule has 2 heterocycles. The average molecular weight is 313 g/mol. The van der Waals surface area contributed by atoms with E-state index in [0.29, 0.717) is 13.1 Å². The summed E-state index contributed by atoms with van der Waals surface area (Å²) >= 11 is 0. The zero-order valence-electron chi connectivity index (χ0n) is 12.9. The predicted octanol–water partition coefficient (Wildman–Crippen LogP) is 1.45. The summed E-state index contributed by atoms with van der Waals surface area (Å²) in [6, 6.07) is 8.55. The molecule has 3 rings (SSSR count). The molecule has 0 aliphatic heterocycles. The third-order valence-corrected chi connectivity index (χ3v) is 3.66. The van der Waals surface area contributed by atoms with E-state index in [1.54, 1.807) is 25.1 Å². The maximum Gasteiger partial charge on any atom is 0.269 e. The second-order valence-electron chi connectivity index (χ2n) is 5.02. The lowest BCUT2D eigenvalue weighted by molar-refractivity contribution is 0.0994. The Hall–Kier alpha value is -2.96. The van der Waals surface area contributed by atoms with Gasteiger partial charge in [-0.1, -0.05) is 0 Å². The Kier molecular flexibility index (Phi) is 3.92. The van der Waals surface area contributed by atoms with Gasteiger partial charge in [0.25, 0.3) is 5.91 Å². The Balaban J connectivity index is 1.86. The Morgan fingerprint density at radius 1 is 1.30 bits per heavy atom. The largest absolute Gasteiger partial charge is 0.497 e. The molecule has 2 N–H and O–H groups in total. The van der Waals surface area contributed by atoms with Gasteiger partial charge in [-0.3, -0.25) is 9.48 Å². The first-order chi connectivity index (χ1) is 11.1. The van der Waals surface area contributed by atoms with Gasteiger partial charge in [-0.25, -0.2) is 0 Å². The predicted molar refractivity (Wildman–Crippen MR) is 84.6 cm³/mol.